The van der Waals surface area contributed by atoms with Gasteiger partial charge in [0.05, 0.1) is 11.7 Å². The van der Waals surface area contributed by atoms with Gasteiger partial charge in [0.15, 0.2) is 0 Å². The van der Waals surface area contributed by atoms with Crippen molar-refractivity contribution in [3.63, 3.8) is 0 Å². The van der Waals surface area contributed by atoms with Gasteiger partial charge in [0, 0.05) is 19.4 Å². The summed E-state index contributed by atoms with van der Waals surface area (Å²) in [6, 6.07) is 0. The topological polar surface area (TPSA) is 29.5 Å². The van der Waals surface area contributed by atoms with Crippen molar-refractivity contribution in [2.75, 3.05) is 13.0 Å². The van der Waals surface area contributed by atoms with E-state index in [1.807, 2.05) is 13.8 Å². The average Bonchev–Trinajstić information content (AvgIpc) is 2.04. The number of ether oxygens (including phenoxy) is 1. The summed E-state index contributed by atoms with van der Waals surface area (Å²) in [6.45, 7) is 4.01. The molecule has 0 aliphatic heterocycles. The second kappa shape index (κ2) is 4.96. The van der Waals surface area contributed by atoms with E-state index < -0.39 is 6.10 Å². The number of alkyl halides is 1. The molecule has 0 aromatic rings. The highest BCUT2D eigenvalue weighted by Gasteiger charge is 2.24. The van der Waals surface area contributed by atoms with E-state index in [0.29, 0.717) is 6.42 Å². The van der Waals surface area contributed by atoms with Crippen LogP contribution in [0.1, 0.15) is 26.7 Å². The number of hydrogen-bond donors (Lipinski definition) is 1. The molecule has 11 heavy (non-hydrogen) atoms. The van der Waals surface area contributed by atoms with E-state index in [0.717, 1.165) is 6.42 Å². The van der Waals surface area contributed by atoms with Crippen LogP contribution in [0.5, 0.6) is 0 Å². The number of hydrogen-bond acceptors (Lipinski definition) is 2. The smallest absolute Gasteiger partial charge is 0.0702 e. The van der Waals surface area contributed by atoms with E-state index in [2.05, 4.69) is 0 Å². The van der Waals surface area contributed by atoms with Gasteiger partial charge in [0.1, 0.15) is 0 Å². The van der Waals surface area contributed by atoms with Crippen LogP contribution in [0.3, 0.4) is 0 Å². The van der Waals surface area contributed by atoms with Gasteiger partial charge >= 0.3 is 0 Å². The first-order chi connectivity index (χ1) is 5.08. The summed E-state index contributed by atoms with van der Waals surface area (Å²) in [7, 11) is 1.66. The first kappa shape index (κ1) is 11.2. The number of aliphatic hydroxyl groups is 1. The zero-order valence-corrected chi connectivity index (χ0v) is 8.19. The highest BCUT2D eigenvalue weighted by molar-refractivity contribution is 6.18. The molecule has 0 aliphatic rings. The molecular weight excluding hydrogens is 164 g/mol. The van der Waals surface area contributed by atoms with E-state index in [1.165, 1.54) is 0 Å². The van der Waals surface area contributed by atoms with Crippen molar-refractivity contribution in [2.45, 2.75) is 38.4 Å². The fourth-order valence-electron chi connectivity index (χ4n) is 0.925. The summed E-state index contributed by atoms with van der Waals surface area (Å²) in [4.78, 5) is 0. The lowest BCUT2D eigenvalue weighted by Crippen LogP contribution is -2.32. The lowest BCUT2D eigenvalue weighted by atomic mass is 9.96. The van der Waals surface area contributed by atoms with Crippen LogP contribution < -0.4 is 0 Å². The Balaban J connectivity index is 3.86. The van der Waals surface area contributed by atoms with Gasteiger partial charge < -0.3 is 9.84 Å². The van der Waals surface area contributed by atoms with Gasteiger partial charge in [0.25, 0.3) is 0 Å². The fourth-order valence-corrected chi connectivity index (χ4v) is 1.03. The van der Waals surface area contributed by atoms with E-state index >= 15 is 0 Å². The molecule has 0 aromatic heterocycles. The third-order valence-corrected chi connectivity index (χ3v) is 2.44. The summed E-state index contributed by atoms with van der Waals surface area (Å²) in [5, 5.41) is 9.24. The van der Waals surface area contributed by atoms with Gasteiger partial charge in [-0.2, -0.15) is 0 Å². The van der Waals surface area contributed by atoms with Crippen LogP contribution in [0.15, 0.2) is 0 Å². The molecule has 0 aromatic carbocycles. The van der Waals surface area contributed by atoms with Gasteiger partial charge in [-0.25, -0.2) is 0 Å². The van der Waals surface area contributed by atoms with Gasteiger partial charge in [-0.05, 0) is 13.3 Å². The maximum Gasteiger partial charge on any atom is 0.0702 e. The molecule has 0 saturated heterocycles. The van der Waals surface area contributed by atoms with Gasteiger partial charge in [0.2, 0.25) is 0 Å². The van der Waals surface area contributed by atoms with Crippen molar-refractivity contribution < 1.29 is 9.84 Å². The van der Waals surface area contributed by atoms with Crippen molar-refractivity contribution >= 4 is 11.6 Å². The van der Waals surface area contributed by atoms with Crippen LogP contribution in [0.4, 0.5) is 0 Å². The van der Waals surface area contributed by atoms with E-state index in [1.54, 1.807) is 7.11 Å². The Morgan fingerprint density at radius 1 is 1.64 bits per heavy atom. The van der Waals surface area contributed by atoms with Crippen LogP contribution in [0.25, 0.3) is 0 Å². The molecule has 0 heterocycles. The monoisotopic (exact) mass is 180 g/mol. The first-order valence-corrected chi connectivity index (χ1v) is 4.40. The van der Waals surface area contributed by atoms with Gasteiger partial charge in [-0.1, -0.05) is 6.92 Å². The predicted molar refractivity (Wildman–Crippen MR) is 47.0 cm³/mol. The lowest BCUT2D eigenvalue weighted by Gasteiger charge is -2.28. The molecule has 68 valence electrons. The van der Waals surface area contributed by atoms with Crippen LogP contribution in [-0.2, 0) is 4.74 Å². The van der Waals surface area contributed by atoms with Crippen molar-refractivity contribution in [2.24, 2.45) is 0 Å². The third kappa shape index (κ3) is 3.94. The predicted octanol–water partition coefficient (Wildman–Crippen LogP) is 1.79. The molecule has 0 saturated carbocycles. The zero-order valence-electron chi connectivity index (χ0n) is 7.43. The molecule has 0 radical (unpaired) electrons. The van der Waals surface area contributed by atoms with Crippen molar-refractivity contribution in [1.29, 1.82) is 0 Å². The standard InChI is InChI=1S/C8H17ClO2/c1-4-8(2,11-3)5-7(10)6-9/h7,10H,4-6H2,1-3H3. The van der Waals surface area contributed by atoms with Crippen molar-refractivity contribution in [3.8, 4) is 0 Å². The Labute approximate surface area is 73.5 Å². The van der Waals surface area contributed by atoms with Crippen LogP contribution in [-0.4, -0.2) is 29.8 Å². The van der Waals surface area contributed by atoms with Crippen molar-refractivity contribution in [1.82, 2.24) is 0 Å². The molecule has 0 aliphatic carbocycles. The maximum absolute atomic E-state index is 9.24. The quantitative estimate of drug-likeness (QED) is 0.654. The number of rotatable bonds is 5. The molecule has 2 atom stereocenters. The molecular formula is C8H17ClO2. The number of halogens is 1. The summed E-state index contributed by atoms with van der Waals surface area (Å²) < 4.78 is 5.24. The first-order valence-electron chi connectivity index (χ1n) is 3.87. The summed E-state index contributed by atoms with van der Waals surface area (Å²) >= 11 is 5.47. The zero-order chi connectivity index (χ0) is 8.91. The average molecular weight is 181 g/mol. The van der Waals surface area contributed by atoms with Gasteiger partial charge in [-0.3, -0.25) is 0 Å². The third-order valence-electron chi connectivity index (χ3n) is 2.09. The summed E-state index contributed by atoms with van der Waals surface area (Å²) in [6.07, 6.45) is 1.03. The second-order valence-corrected chi connectivity index (χ2v) is 3.33. The molecule has 3 heteroatoms. The minimum Gasteiger partial charge on any atom is -0.392 e. The molecule has 0 fully saturated rings. The van der Waals surface area contributed by atoms with Crippen LogP contribution in [0.2, 0.25) is 0 Å². The number of methoxy groups -OCH3 is 1. The molecule has 0 bridgehead atoms. The van der Waals surface area contributed by atoms with Gasteiger partial charge in [-0.15, -0.1) is 11.6 Å². The molecule has 1 N–H and O–H groups in total. The SMILES string of the molecule is CCC(C)(CC(O)CCl)OC. The van der Waals surface area contributed by atoms with E-state index in [4.69, 9.17) is 16.3 Å². The highest BCUT2D eigenvalue weighted by Crippen LogP contribution is 2.20. The molecule has 0 rings (SSSR count). The lowest BCUT2D eigenvalue weighted by molar-refractivity contribution is -0.0313. The Hall–Kier alpha value is 0.210. The second-order valence-electron chi connectivity index (χ2n) is 3.02. The molecule has 0 amide bonds. The van der Waals surface area contributed by atoms with E-state index in [-0.39, 0.29) is 11.5 Å². The largest absolute Gasteiger partial charge is 0.392 e. The molecule has 2 nitrogen and oxygen atoms in total. The number of aliphatic hydroxyl groups excluding tert-OH is 1. The Kier molecular flexibility index (Phi) is 5.06. The minimum absolute atomic E-state index is 0.228. The van der Waals surface area contributed by atoms with Crippen LogP contribution >= 0.6 is 11.6 Å². The van der Waals surface area contributed by atoms with E-state index in [9.17, 15) is 5.11 Å². The molecule has 2 unspecified atom stereocenters. The van der Waals surface area contributed by atoms with Crippen molar-refractivity contribution in [3.05, 3.63) is 0 Å². The van der Waals surface area contributed by atoms with Crippen LogP contribution in [0, 0.1) is 0 Å². The normalized spacial score (nSPS) is 19.4. The summed E-state index contributed by atoms with van der Waals surface area (Å²) in [5.41, 5.74) is -0.228. The molecule has 0 spiro atoms. The Morgan fingerprint density at radius 2 is 2.18 bits per heavy atom. The highest BCUT2D eigenvalue weighted by atomic mass is 35.5. The maximum atomic E-state index is 9.24. The fraction of sp³-hybridized carbons (Fsp3) is 1.00. The minimum atomic E-state index is -0.457. The Morgan fingerprint density at radius 3 is 2.45 bits per heavy atom. The summed E-state index contributed by atoms with van der Waals surface area (Å²) in [5.74, 6) is 0.277. The Bertz CT molecular complexity index is 102.